The number of carbonyl (C=O) groups is 2. The summed E-state index contributed by atoms with van der Waals surface area (Å²) in [5, 5.41) is 7.95. The molecule has 33 heavy (non-hydrogen) atoms. The van der Waals surface area contributed by atoms with Gasteiger partial charge in [0.25, 0.3) is 5.91 Å². The van der Waals surface area contributed by atoms with Gasteiger partial charge >= 0.3 is 0 Å². The third-order valence-electron chi connectivity index (χ3n) is 5.66. The van der Waals surface area contributed by atoms with E-state index in [1.807, 2.05) is 68.4 Å². The lowest BCUT2D eigenvalue weighted by molar-refractivity contribution is -0.117. The molecule has 0 aliphatic rings. The Kier molecular flexibility index (Phi) is 6.41. The Morgan fingerprint density at radius 2 is 1.45 bits per heavy atom. The highest BCUT2D eigenvalue weighted by Gasteiger charge is 2.16. The number of anilines is 2. The van der Waals surface area contributed by atoms with Gasteiger partial charge in [-0.05, 0) is 78.7 Å². The van der Waals surface area contributed by atoms with E-state index in [0.717, 1.165) is 27.6 Å². The highest BCUT2D eigenvalue weighted by molar-refractivity contribution is 6.04. The second kappa shape index (κ2) is 9.57. The number of carbonyl (C=O) groups excluding carboxylic acids is 2. The predicted molar refractivity (Wildman–Crippen MR) is 133 cm³/mol. The van der Waals surface area contributed by atoms with Crippen LogP contribution in [0.25, 0.3) is 10.8 Å². The Balaban J connectivity index is 1.40. The summed E-state index contributed by atoms with van der Waals surface area (Å²) in [4.78, 5) is 25.2. The molecule has 5 heteroatoms. The van der Waals surface area contributed by atoms with Crippen LogP contribution >= 0.6 is 0 Å². The molecule has 2 N–H and O–H groups in total. The number of rotatable bonds is 6. The SMILES string of the molecule is COc1ccc2cc([C@H](C)C(=O)Nc3ccc(NC(=O)c4cccc(C)c4)cc3)ccc2c1. The van der Waals surface area contributed by atoms with Crippen molar-refractivity contribution in [1.82, 2.24) is 0 Å². The zero-order valence-electron chi connectivity index (χ0n) is 18.9. The molecule has 0 heterocycles. The molecule has 166 valence electrons. The predicted octanol–water partition coefficient (Wildman–Crippen LogP) is 6.15. The third-order valence-corrected chi connectivity index (χ3v) is 5.66. The van der Waals surface area contributed by atoms with Crippen molar-refractivity contribution in [3.05, 3.63) is 102 Å². The molecule has 0 saturated heterocycles. The summed E-state index contributed by atoms with van der Waals surface area (Å²) in [6, 6.07) is 26.4. The van der Waals surface area contributed by atoms with E-state index in [1.165, 1.54) is 0 Å². The molecule has 1 atom stereocenters. The normalized spacial score (nSPS) is 11.6. The number of nitrogens with one attached hydrogen (secondary N) is 2. The van der Waals surface area contributed by atoms with Crippen molar-refractivity contribution in [3.8, 4) is 5.75 Å². The molecule has 0 radical (unpaired) electrons. The van der Waals surface area contributed by atoms with Crippen LogP contribution in [0, 0.1) is 6.92 Å². The van der Waals surface area contributed by atoms with Gasteiger partial charge in [-0.2, -0.15) is 0 Å². The summed E-state index contributed by atoms with van der Waals surface area (Å²) in [6.45, 7) is 3.83. The maximum absolute atomic E-state index is 12.8. The van der Waals surface area contributed by atoms with Crippen LogP contribution in [0.4, 0.5) is 11.4 Å². The van der Waals surface area contributed by atoms with Crippen molar-refractivity contribution in [2.75, 3.05) is 17.7 Å². The van der Waals surface area contributed by atoms with Crippen molar-refractivity contribution in [2.24, 2.45) is 0 Å². The van der Waals surface area contributed by atoms with Crippen LogP contribution in [-0.4, -0.2) is 18.9 Å². The molecule has 0 aliphatic carbocycles. The summed E-state index contributed by atoms with van der Waals surface area (Å²) < 4.78 is 5.27. The van der Waals surface area contributed by atoms with Gasteiger partial charge in [-0.1, -0.05) is 42.0 Å². The van der Waals surface area contributed by atoms with E-state index >= 15 is 0 Å². The topological polar surface area (TPSA) is 67.4 Å². The molecule has 0 bridgehead atoms. The molecular formula is C28H26N2O3. The van der Waals surface area contributed by atoms with Crippen molar-refractivity contribution >= 4 is 34.0 Å². The van der Waals surface area contributed by atoms with Crippen LogP contribution in [0.15, 0.2) is 84.9 Å². The van der Waals surface area contributed by atoms with Gasteiger partial charge in [-0.15, -0.1) is 0 Å². The van der Waals surface area contributed by atoms with Crippen molar-refractivity contribution < 1.29 is 14.3 Å². The molecule has 0 saturated carbocycles. The smallest absolute Gasteiger partial charge is 0.255 e. The molecule has 2 amide bonds. The first-order chi connectivity index (χ1) is 15.9. The molecule has 5 nitrogen and oxygen atoms in total. The third kappa shape index (κ3) is 5.21. The molecule has 0 aliphatic heterocycles. The second-order valence-corrected chi connectivity index (χ2v) is 8.08. The summed E-state index contributed by atoms with van der Waals surface area (Å²) in [6.07, 6.45) is 0. The number of aryl methyl sites for hydroxylation is 1. The number of ether oxygens (including phenoxy) is 1. The van der Waals surface area contributed by atoms with Gasteiger partial charge in [-0.25, -0.2) is 0 Å². The molecular weight excluding hydrogens is 412 g/mol. The zero-order valence-corrected chi connectivity index (χ0v) is 18.9. The zero-order chi connectivity index (χ0) is 23.4. The Morgan fingerprint density at radius 1 is 0.788 bits per heavy atom. The van der Waals surface area contributed by atoms with Gasteiger partial charge in [0, 0.05) is 16.9 Å². The van der Waals surface area contributed by atoms with Gasteiger partial charge in [0.1, 0.15) is 5.75 Å². The summed E-state index contributed by atoms with van der Waals surface area (Å²) in [5.41, 5.74) is 3.91. The molecule has 0 fully saturated rings. The van der Waals surface area contributed by atoms with Crippen LogP contribution in [0.3, 0.4) is 0 Å². The molecule has 0 aromatic heterocycles. The van der Waals surface area contributed by atoms with E-state index in [0.29, 0.717) is 16.9 Å². The number of benzene rings is 4. The lowest BCUT2D eigenvalue weighted by Crippen LogP contribution is -2.19. The van der Waals surface area contributed by atoms with Crippen LogP contribution in [0.1, 0.15) is 34.3 Å². The van der Waals surface area contributed by atoms with Gasteiger partial charge in [0.2, 0.25) is 5.91 Å². The molecule has 4 aromatic rings. The van der Waals surface area contributed by atoms with E-state index in [9.17, 15) is 9.59 Å². The Bertz CT molecular complexity index is 1310. The maximum atomic E-state index is 12.8. The number of hydrogen-bond donors (Lipinski definition) is 2. The van der Waals surface area contributed by atoms with E-state index in [-0.39, 0.29) is 17.7 Å². The quantitative estimate of drug-likeness (QED) is 0.379. The van der Waals surface area contributed by atoms with Gasteiger partial charge in [0.05, 0.1) is 13.0 Å². The van der Waals surface area contributed by atoms with Crippen LogP contribution in [0.5, 0.6) is 5.75 Å². The second-order valence-electron chi connectivity index (χ2n) is 8.08. The first kappa shape index (κ1) is 22.1. The largest absolute Gasteiger partial charge is 0.497 e. The maximum Gasteiger partial charge on any atom is 0.255 e. The van der Waals surface area contributed by atoms with Gasteiger partial charge < -0.3 is 15.4 Å². The van der Waals surface area contributed by atoms with Crippen LogP contribution in [0.2, 0.25) is 0 Å². The number of hydrogen-bond acceptors (Lipinski definition) is 3. The average molecular weight is 439 g/mol. The Hall–Kier alpha value is -4.12. The lowest BCUT2D eigenvalue weighted by Gasteiger charge is -2.14. The Labute approximate surface area is 193 Å². The first-order valence-corrected chi connectivity index (χ1v) is 10.8. The lowest BCUT2D eigenvalue weighted by atomic mass is 9.97. The fraction of sp³-hybridized carbons (Fsp3) is 0.143. The summed E-state index contributed by atoms with van der Waals surface area (Å²) in [5.74, 6) is 0.217. The monoisotopic (exact) mass is 438 g/mol. The Morgan fingerprint density at radius 3 is 2.15 bits per heavy atom. The minimum atomic E-state index is -0.322. The minimum Gasteiger partial charge on any atom is -0.497 e. The van der Waals surface area contributed by atoms with Crippen molar-refractivity contribution in [2.45, 2.75) is 19.8 Å². The number of fused-ring (bicyclic) bond motifs is 1. The van der Waals surface area contributed by atoms with E-state index in [2.05, 4.69) is 10.6 Å². The fourth-order valence-electron chi connectivity index (χ4n) is 3.67. The molecule has 4 aromatic carbocycles. The van der Waals surface area contributed by atoms with E-state index in [1.54, 1.807) is 37.4 Å². The fourth-order valence-corrected chi connectivity index (χ4v) is 3.67. The van der Waals surface area contributed by atoms with Gasteiger partial charge in [0.15, 0.2) is 0 Å². The number of amides is 2. The van der Waals surface area contributed by atoms with Crippen molar-refractivity contribution in [3.63, 3.8) is 0 Å². The summed E-state index contributed by atoms with van der Waals surface area (Å²) in [7, 11) is 1.65. The molecule has 0 unspecified atom stereocenters. The first-order valence-electron chi connectivity index (χ1n) is 10.8. The molecule has 4 rings (SSSR count). The van der Waals surface area contributed by atoms with E-state index < -0.39 is 0 Å². The molecule has 0 spiro atoms. The minimum absolute atomic E-state index is 0.0978. The van der Waals surface area contributed by atoms with E-state index in [4.69, 9.17) is 4.74 Å². The van der Waals surface area contributed by atoms with Crippen molar-refractivity contribution in [1.29, 1.82) is 0 Å². The standard InChI is InChI=1S/C28H26N2O3/c1-18-5-4-6-23(15-18)28(32)30-25-12-10-24(11-13-25)29-27(31)19(2)20-7-8-22-17-26(33-3)14-9-21(22)16-20/h4-17,19H,1-3H3,(H,29,31)(H,30,32)/t19-/m0/s1. The summed E-state index contributed by atoms with van der Waals surface area (Å²) >= 11 is 0. The van der Waals surface area contributed by atoms with Crippen LogP contribution in [-0.2, 0) is 4.79 Å². The average Bonchev–Trinajstić information content (AvgIpc) is 2.84. The highest BCUT2D eigenvalue weighted by Crippen LogP contribution is 2.26. The van der Waals surface area contributed by atoms with Crippen LogP contribution < -0.4 is 15.4 Å². The number of methoxy groups -OCH3 is 1. The highest BCUT2D eigenvalue weighted by atomic mass is 16.5. The van der Waals surface area contributed by atoms with Gasteiger partial charge in [-0.3, -0.25) is 9.59 Å².